The average Bonchev–Trinajstić information content (AvgIpc) is 2.60. The van der Waals surface area contributed by atoms with Crippen LogP contribution >= 0.6 is 23.2 Å². The minimum absolute atomic E-state index is 0.277. The molecule has 0 heterocycles. The Kier molecular flexibility index (Phi) is 6.02. The standard InChI is InChI=1S/C21H18Cl2FNO/c1-14-3-2-4-19(9-14)25-12-16-10-17(22)11-20(23)21(16)26-13-15-5-7-18(24)8-6-15/h2-11,25H,12-13H2,1H3. The predicted molar refractivity (Wildman–Crippen MR) is 106 cm³/mol. The molecule has 0 amide bonds. The first-order valence-electron chi connectivity index (χ1n) is 8.17. The monoisotopic (exact) mass is 389 g/mol. The third-order valence-corrected chi connectivity index (χ3v) is 4.38. The Morgan fingerprint density at radius 3 is 2.50 bits per heavy atom. The van der Waals surface area contributed by atoms with Gasteiger partial charge in [0.2, 0.25) is 0 Å². The molecule has 0 atom stereocenters. The number of nitrogens with one attached hydrogen (secondary N) is 1. The molecule has 26 heavy (non-hydrogen) atoms. The van der Waals surface area contributed by atoms with Gasteiger partial charge in [-0.3, -0.25) is 0 Å². The number of ether oxygens (including phenoxy) is 1. The van der Waals surface area contributed by atoms with E-state index in [0.717, 1.165) is 16.8 Å². The van der Waals surface area contributed by atoms with E-state index in [9.17, 15) is 4.39 Å². The van der Waals surface area contributed by atoms with Crippen molar-refractivity contribution in [3.8, 4) is 5.75 Å². The fourth-order valence-corrected chi connectivity index (χ4v) is 3.19. The first kappa shape index (κ1) is 18.6. The lowest BCUT2D eigenvalue weighted by molar-refractivity contribution is 0.303. The molecule has 2 nitrogen and oxygen atoms in total. The van der Waals surface area contributed by atoms with Gasteiger partial charge in [0, 0.05) is 22.8 Å². The van der Waals surface area contributed by atoms with E-state index in [0.29, 0.717) is 28.9 Å². The molecular weight excluding hydrogens is 372 g/mol. The zero-order valence-electron chi connectivity index (χ0n) is 14.2. The van der Waals surface area contributed by atoms with Gasteiger partial charge in [0.15, 0.2) is 0 Å². The normalized spacial score (nSPS) is 10.6. The Bertz CT molecular complexity index is 897. The highest BCUT2D eigenvalue weighted by Crippen LogP contribution is 2.33. The van der Waals surface area contributed by atoms with Crippen LogP contribution in [0.2, 0.25) is 10.0 Å². The molecule has 0 aliphatic heterocycles. The summed E-state index contributed by atoms with van der Waals surface area (Å²) >= 11 is 12.5. The molecule has 0 bridgehead atoms. The molecule has 0 saturated carbocycles. The number of rotatable bonds is 6. The lowest BCUT2D eigenvalue weighted by atomic mass is 10.1. The quantitative estimate of drug-likeness (QED) is 0.510. The highest BCUT2D eigenvalue weighted by atomic mass is 35.5. The van der Waals surface area contributed by atoms with Crippen LogP contribution in [-0.2, 0) is 13.2 Å². The van der Waals surface area contributed by atoms with Gasteiger partial charge in [-0.05, 0) is 54.4 Å². The maximum atomic E-state index is 13.0. The fraction of sp³-hybridized carbons (Fsp3) is 0.143. The summed E-state index contributed by atoms with van der Waals surface area (Å²) < 4.78 is 18.9. The summed E-state index contributed by atoms with van der Waals surface area (Å²) in [6, 6.07) is 17.8. The maximum absolute atomic E-state index is 13.0. The number of hydrogen-bond donors (Lipinski definition) is 1. The van der Waals surface area contributed by atoms with Crippen LogP contribution in [0, 0.1) is 12.7 Å². The minimum atomic E-state index is -0.277. The first-order chi connectivity index (χ1) is 12.5. The van der Waals surface area contributed by atoms with Gasteiger partial charge in [-0.2, -0.15) is 0 Å². The number of halogens is 3. The SMILES string of the molecule is Cc1cccc(NCc2cc(Cl)cc(Cl)c2OCc2ccc(F)cc2)c1. The highest BCUT2D eigenvalue weighted by molar-refractivity contribution is 6.35. The largest absolute Gasteiger partial charge is 0.487 e. The Balaban J connectivity index is 1.76. The lowest BCUT2D eigenvalue weighted by Gasteiger charge is -2.15. The molecule has 134 valence electrons. The molecule has 1 N–H and O–H groups in total. The van der Waals surface area contributed by atoms with Gasteiger partial charge >= 0.3 is 0 Å². The third-order valence-electron chi connectivity index (χ3n) is 3.88. The van der Waals surface area contributed by atoms with Crippen molar-refractivity contribution in [3.63, 3.8) is 0 Å². The summed E-state index contributed by atoms with van der Waals surface area (Å²) in [5.74, 6) is 0.293. The summed E-state index contributed by atoms with van der Waals surface area (Å²) in [5.41, 5.74) is 3.89. The third kappa shape index (κ3) is 4.90. The van der Waals surface area contributed by atoms with Crippen molar-refractivity contribution >= 4 is 28.9 Å². The topological polar surface area (TPSA) is 21.3 Å². The van der Waals surface area contributed by atoms with Gasteiger partial charge in [0.05, 0.1) is 5.02 Å². The molecule has 0 fully saturated rings. The van der Waals surface area contributed by atoms with E-state index in [-0.39, 0.29) is 5.82 Å². The van der Waals surface area contributed by atoms with E-state index < -0.39 is 0 Å². The number of benzene rings is 3. The summed E-state index contributed by atoms with van der Waals surface area (Å²) in [6.07, 6.45) is 0. The van der Waals surface area contributed by atoms with E-state index in [1.165, 1.54) is 17.7 Å². The van der Waals surface area contributed by atoms with Crippen molar-refractivity contribution in [2.45, 2.75) is 20.1 Å². The molecule has 3 aromatic rings. The van der Waals surface area contributed by atoms with Crippen molar-refractivity contribution in [3.05, 3.63) is 93.2 Å². The number of anilines is 1. The zero-order chi connectivity index (χ0) is 18.5. The fourth-order valence-electron chi connectivity index (χ4n) is 2.60. The molecule has 0 saturated heterocycles. The van der Waals surface area contributed by atoms with E-state index in [4.69, 9.17) is 27.9 Å². The predicted octanol–water partition coefficient (Wildman–Crippen LogP) is 6.63. The molecule has 0 unspecified atom stereocenters. The Morgan fingerprint density at radius 1 is 1.00 bits per heavy atom. The number of aryl methyl sites for hydroxylation is 1. The van der Waals surface area contributed by atoms with Gasteiger partial charge in [0.1, 0.15) is 18.2 Å². The van der Waals surface area contributed by atoms with Crippen molar-refractivity contribution in [2.24, 2.45) is 0 Å². The molecule has 0 aliphatic rings. The van der Waals surface area contributed by atoms with Crippen molar-refractivity contribution in [1.29, 1.82) is 0 Å². The van der Waals surface area contributed by atoms with Crippen LogP contribution in [0.15, 0.2) is 60.7 Å². The van der Waals surface area contributed by atoms with Crippen molar-refractivity contribution in [1.82, 2.24) is 0 Å². The zero-order valence-corrected chi connectivity index (χ0v) is 15.7. The van der Waals surface area contributed by atoms with Crippen LogP contribution in [0.4, 0.5) is 10.1 Å². The van der Waals surface area contributed by atoms with Crippen molar-refractivity contribution < 1.29 is 9.13 Å². The molecule has 0 spiro atoms. The maximum Gasteiger partial charge on any atom is 0.143 e. The highest BCUT2D eigenvalue weighted by Gasteiger charge is 2.11. The summed E-state index contributed by atoms with van der Waals surface area (Å²) in [4.78, 5) is 0. The summed E-state index contributed by atoms with van der Waals surface area (Å²) in [5, 5.41) is 4.35. The van der Waals surface area contributed by atoms with E-state index in [1.807, 2.05) is 31.2 Å². The molecule has 3 rings (SSSR count). The van der Waals surface area contributed by atoms with Gasteiger partial charge in [0.25, 0.3) is 0 Å². The summed E-state index contributed by atoms with van der Waals surface area (Å²) in [6.45, 7) is 2.85. The van der Waals surface area contributed by atoms with Crippen molar-refractivity contribution in [2.75, 3.05) is 5.32 Å². The summed E-state index contributed by atoms with van der Waals surface area (Å²) in [7, 11) is 0. The minimum Gasteiger partial charge on any atom is -0.487 e. The lowest BCUT2D eigenvalue weighted by Crippen LogP contribution is -2.04. The second-order valence-electron chi connectivity index (χ2n) is 6.01. The van der Waals surface area contributed by atoms with Gasteiger partial charge < -0.3 is 10.1 Å². The van der Waals surface area contributed by atoms with Crippen LogP contribution in [-0.4, -0.2) is 0 Å². The second kappa shape index (κ2) is 8.43. The van der Waals surface area contributed by atoms with Crippen LogP contribution < -0.4 is 10.1 Å². The molecule has 3 aromatic carbocycles. The van der Waals surface area contributed by atoms with Crippen LogP contribution in [0.3, 0.4) is 0 Å². The van der Waals surface area contributed by atoms with E-state index >= 15 is 0 Å². The van der Waals surface area contributed by atoms with E-state index in [1.54, 1.807) is 18.2 Å². The van der Waals surface area contributed by atoms with Gasteiger partial charge in [-0.1, -0.05) is 47.5 Å². The van der Waals surface area contributed by atoms with Crippen LogP contribution in [0.5, 0.6) is 5.75 Å². The second-order valence-corrected chi connectivity index (χ2v) is 6.86. The van der Waals surface area contributed by atoms with Crippen LogP contribution in [0.1, 0.15) is 16.7 Å². The first-order valence-corrected chi connectivity index (χ1v) is 8.92. The van der Waals surface area contributed by atoms with Crippen LogP contribution in [0.25, 0.3) is 0 Å². The smallest absolute Gasteiger partial charge is 0.143 e. The molecule has 5 heteroatoms. The molecule has 0 aromatic heterocycles. The number of hydrogen-bond acceptors (Lipinski definition) is 2. The molecule has 0 radical (unpaired) electrons. The average molecular weight is 390 g/mol. The Hall–Kier alpha value is -2.23. The van der Waals surface area contributed by atoms with Gasteiger partial charge in [-0.25, -0.2) is 4.39 Å². The molecule has 0 aliphatic carbocycles. The molecular formula is C21H18Cl2FNO. The Morgan fingerprint density at radius 2 is 1.77 bits per heavy atom. The van der Waals surface area contributed by atoms with E-state index in [2.05, 4.69) is 11.4 Å². The van der Waals surface area contributed by atoms with Gasteiger partial charge in [-0.15, -0.1) is 0 Å². The Labute approximate surface area is 162 Å².